The fourth-order valence-corrected chi connectivity index (χ4v) is 2.78. The van der Waals surface area contributed by atoms with E-state index < -0.39 is 5.54 Å². The first kappa shape index (κ1) is 14.6. The van der Waals surface area contributed by atoms with Crippen molar-refractivity contribution < 1.29 is 9.59 Å². The molecule has 0 unspecified atom stereocenters. The SMILES string of the molecule is CCCN=C(N)NCCN1C(=O)NC2(CCCC2)C1=O. The quantitative estimate of drug-likeness (QED) is 0.380. The second-order valence-electron chi connectivity index (χ2n) is 5.37. The first-order chi connectivity index (χ1) is 9.59. The molecule has 1 aliphatic heterocycles. The Labute approximate surface area is 119 Å². The maximum Gasteiger partial charge on any atom is 0.325 e. The Morgan fingerprint density at radius 1 is 1.45 bits per heavy atom. The van der Waals surface area contributed by atoms with E-state index in [-0.39, 0.29) is 11.9 Å². The largest absolute Gasteiger partial charge is 0.370 e. The summed E-state index contributed by atoms with van der Waals surface area (Å²) in [6.45, 7) is 3.43. The number of nitrogens with zero attached hydrogens (tertiary/aromatic N) is 2. The number of guanidine groups is 1. The van der Waals surface area contributed by atoms with Gasteiger partial charge in [-0.1, -0.05) is 19.8 Å². The molecule has 0 aromatic rings. The van der Waals surface area contributed by atoms with Crippen LogP contribution in [0.1, 0.15) is 39.0 Å². The molecule has 2 aliphatic rings. The van der Waals surface area contributed by atoms with Gasteiger partial charge in [-0.3, -0.25) is 14.7 Å². The van der Waals surface area contributed by atoms with Crippen LogP contribution in [0.5, 0.6) is 0 Å². The minimum atomic E-state index is -0.626. The van der Waals surface area contributed by atoms with Crippen LogP contribution in [0.15, 0.2) is 4.99 Å². The highest BCUT2D eigenvalue weighted by Gasteiger charge is 2.51. The number of amides is 3. The molecule has 2 fully saturated rings. The van der Waals surface area contributed by atoms with Crippen LogP contribution < -0.4 is 16.4 Å². The van der Waals surface area contributed by atoms with Gasteiger partial charge in [0.1, 0.15) is 5.54 Å². The molecule has 4 N–H and O–H groups in total. The predicted molar refractivity (Wildman–Crippen MR) is 76.2 cm³/mol. The van der Waals surface area contributed by atoms with Gasteiger partial charge in [0.15, 0.2) is 5.96 Å². The molecule has 0 aromatic carbocycles. The third kappa shape index (κ3) is 2.86. The lowest BCUT2D eigenvalue weighted by atomic mass is 9.98. The van der Waals surface area contributed by atoms with Gasteiger partial charge in [-0.25, -0.2) is 4.79 Å². The Kier molecular flexibility index (Phi) is 4.46. The highest BCUT2D eigenvalue weighted by molar-refractivity contribution is 6.07. The number of imide groups is 1. The molecule has 1 saturated heterocycles. The number of rotatable bonds is 5. The van der Waals surface area contributed by atoms with Gasteiger partial charge in [0.2, 0.25) is 0 Å². The van der Waals surface area contributed by atoms with Crippen molar-refractivity contribution in [3.63, 3.8) is 0 Å². The Morgan fingerprint density at radius 2 is 2.15 bits per heavy atom. The zero-order valence-electron chi connectivity index (χ0n) is 11.9. The van der Waals surface area contributed by atoms with Crippen molar-refractivity contribution in [3.05, 3.63) is 0 Å². The van der Waals surface area contributed by atoms with E-state index >= 15 is 0 Å². The summed E-state index contributed by atoms with van der Waals surface area (Å²) in [5.74, 6) is 0.264. The molecule has 1 spiro atoms. The Morgan fingerprint density at radius 3 is 2.80 bits per heavy atom. The number of urea groups is 1. The van der Waals surface area contributed by atoms with Crippen LogP contribution in [-0.2, 0) is 4.79 Å². The fraction of sp³-hybridized carbons (Fsp3) is 0.769. The average molecular weight is 281 g/mol. The summed E-state index contributed by atoms with van der Waals surface area (Å²) in [4.78, 5) is 29.6. The van der Waals surface area contributed by atoms with Gasteiger partial charge < -0.3 is 16.4 Å². The molecule has 0 aromatic heterocycles. The minimum Gasteiger partial charge on any atom is -0.370 e. The molecule has 2 rings (SSSR count). The smallest absolute Gasteiger partial charge is 0.325 e. The van der Waals surface area contributed by atoms with Gasteiger partial charge in [0.25, 0.3) is 5.91 Å². The van der Waals surface area contributed by atoms with Crippen LogP contribution in [0, 0.1) is 0 Å². The van der Waals surface area contributed by atoms with E-state index in [9.17, 15) is 9.59 Å². The van der Waals surface area contributed by atoms with Crippen LogP contribution in [0.4, 0.5) is 4.79 Å². The zero-order valence-corrected chi connectivity index (χ0v) is 11.9. The van der Waals surface area contributed by atoms with Crippen molar-refractivity contribution in [2.24, 2.45) is 10.7 Å². The molecule has 112 valence electrons. The van der Waals surface area contributed by atoms with Crippen LogP contribution >= 0.6 is 0 Å². The number of aliphatic imine (C=N–C) groups is 1. The van der Waals surface area contributed by atoms with Crippen molar-refractivity contribution >= 4 is 17.9 Å². The lowest BCUT2D eigenvalue weighted by Crippen LogP contribution is -2.45. The van der Waals surface area contributed by atoms with E-state index in [2.05, 4.69) is 15.6 Å². The number of nitrogens with two attached hydrogens (primary N) is 1. The Hall–Kier alpha value is -1.79. The van der Waals surface area contributed by atoms with E-state index in [0.29, 0.717) is 25.6 Å². The molecule has 1 heterocycles. The molecule has 20 heavy (non-hydrogen) atoms. The van der Waals surface area contributed by atoms with Crippen LogP contribution in [0.3, 0.4) is 0 Å². The summed E-state index contributed by atoms with van der Waals surface area (Å²) in [6.07, 6.45) is 4.42. The van der Waals surface area contributed by atoms with Gasteiger partial charge in [0.05, 0.1) is 0 Å². The molecule has 0 radical (unpaired) electrons. The molecule has 1 saturated carbocycles. The lowest BCUT2D eigenvalue weighted by molar-refractivity contribution is -0.131. The monoisotopic (exact) mass is 281 g/mol. The second kappa shape index (κ2) is 6.11. The van der Waals surface area contributed by atoms with Gasteiger partial charge in [0, 0.05) is 19.6 Å². The molecule has 1 aliphatic carbocycles. The normalized spacial score (nSPS) is 21.6. The third-order valence-corrected chi connectivity index (χ3v) is 3.85. The molecule has 0 atom stereocenters. The standard InChI is InChI=1S/C13H23N5O2/c1-2-7-15-11(14)16-8-9-18-10(19)13(17-12(18)20)5-3-4-6-13/h2-9H2,1H3,(H,17,20)(H3,14,15,16). The van der Waals surface area contributed by atoms with Gasteiger partial charge in [-0.05, 0) is 19.3 Å². The van der Waals surface area contributed by atoms with E-state index in [0.717, 1.165) is 32.1 Å². The van der Waals surface area contributed by atoms with Crippen molar-refractivity contribution in [1.29, 1.82) is 0 Å². The van der Waals surface area contributed by atoms with Crippen molar-refractivity contribution in [3.8, 4) is 0 Å². The third-order valence-electron chi connectivity index (χ3n) is 3.85. The summed E-state index contributed by atoms with van der Waals surface area (Å²) < 4.78 is 0. The van der Waals surface area contributed by atoms with Crippen molar-refractivity contribution in [2.45, 2.75) is 44.6 Å². The van der Waals surface area contributed by atoms with E-state index in [1.54, 1.807) is 0 Å². The van der Waals surface area contributed by atoms with Crippen LogP contribution in [-0.4, -0.2) is 48.0 Å². The number of nitrogens with one attached hydrogen (secondary N) is 2. The summed E-state index contributed by atoms with van der Waals surface area (Å²) in [5.41, 5.74) is 5.04. The summed E-state index contributed by atoms with van der Waals surface area (Å²) in [5, 5.41) is 5.77. The molecule has 7 nitrogen and oxygen atoms in total. The maximum atomic E-state index is 12.3. The summed E-state index contributed by atoms with van der Waals surface area (Å²) >= 11 is 0. The van der Waals surface area contributed by atoms with Crippen LogP contribution in [0.25, 0.3) is 0 Å². The molecule has 3 amide bonds. The van der Waals surface area contributed by atoms with Gasteiger partial charge in [-0.2, -0.15) is 0 Å². The molecule has 7 heteroatoms. The average Bonchev–Trinajstić information content (AvgIpc) is 2.97. The fourth-order valence-electron chi connectivity index (χ4n) is 2.78. The second-order valence-corrected chi connectivity index (χ2v) is 5.37. The van der Waals surface area contributed by atoms with E-state index in [4.69, 9.17) is 5.73 Å². The van der Waals surface area contributed by atoms with Crippen molar-refractivity contribution in [1.82, 2.24) is 15.5 Å². The van der Waals surface area contributed by atoms with E-state index in [1.807, 2.05) is 6.92 Å². The Balaban J connectivity index is 1.84. The summed E-state index contributed by atoms with van der Waals surface area (Å²) in [6, 6.07) is -0.289. The number of hydrogen-bond acceptors (Lipinski definition) is 3. The summed E-state index contributed by atoms with van der Waals surface area (Å²) in [7, 11) is 0. The van der Waals surface area contributed by atoms with Crippen LogP contribution in [0.2, 0.25) is 0 Å². The molecule has 0 bridgehead atoms. The number of carbonyl (C=O) groups excluding carboxylic acids is 2. The highest BCUT2D eigenvalue weighted by Crippen LogP contribution is 2.34. The van der Waals surface area contributed by atoms with E-state index in [1.165, 1.54) is 4.90 Å². The van der Waals surface area contributed by atoms with Gasteiger partial charge >= 0.3 is 6.03 Å². The zero-order chi connectivity index (χ0) is 14.6. The first-order valence-corrected chi connectivity index (χ1v) is 7.27. The van der Waals surface area contributed by atoms with Gasteiger partial charge in [-0.15, -0.1) is 0 Å². The Bertz CT molecular complexity index is 415. The minimum absolute atomic E-state index is 0.0918. The predicted octanol–water partition coefficient (Wildman–Crippen LogP) is 0.165. The number of hydrogen-bond donors (Lipinski definition) is 3. The molecular weight excluding hydrogens is 258 g/mol. The topological polar surface area (TPSA) is 99.8 Å². The first-order valence-electron chi connectivity index (χ1n) is 7.27. The lowest BCUT2D eigenvalue weighted by Gasteiger charge is -2.20. The highest BCUT2D eigenvalue weighted by atomic mass is 16.2. The number of carbonyl (C=O) groups is 2. The molecular formula is C13H23N5O2. The van der Waals surface area contributed by atoms with Crippen molar-refractivity contribution in [2.75, 3.05) is 19.6 Å². The maximum absolute atomic E-state index is 12.3.